The third-order valence-corrected chi connectivity index (χ3v) is 6.36. The summed E-state index contributed by atoms with van der Waals surface area (Å²) in [5.41, 5.74) is 3.66. The molecule has 1 aliphatic rings. The van der Waals surface area contributed by atoms with Gasteiger partial charge in [0.15, 0.2) is 0 Å². The van der Waals surface area contributed by atoms with E-state index in [1.165, 1.54) is 12.1 Å². The second kappa shape index (κ2) is 8.28. The Hall–Kier alpha value is -3.19. The highest BCUT2D eigenvalue weighted by Crippen LogP contribution is 2.27. The van der Waals surface area contributed by atoms with E-state index >= 15 is 0 Å². The van der Waals surface area contributed by atoms with Crippen LogP contribution in [0.15, 0.2) is 72.8 Å². The van der Waals surface area contributed by atoms with Gasteiger partial charge in [-0.25, -0.2) is 12.8 Å². The first-order chi connectivity index (χ1) is 14.4. The SMILES string of the molecule is O=C1CC(c2ccc(OCc3cccc(-c4ccc(F)cc4)c3)cc2)CS(=O)(=O)N1. The molecule has 1 N–H and O–H groups in total. The van der Waals surface area contributed by atoms with Crippen LogP contribution >= 0.6 is 0 Å². The molecule has 1 fully saturated rings. The highest BCUT2D eigenvalue weighted by Gasteiger charge is 2.30. The van der Waals surface area contributed by atoms with E-state index in [1.807, 2.05) is 29.0 Å². The van der Waals surface area contributed by atoms with Crippen LogP contribution in [0.1, 0.15) is 23.5 Å². The Morgan fingerprint density at radius 1 is 0.967 bits per heavy atom. The van der Waals surface area contributed by atoms with Crippen molar-refractivity contribution in [1.82, 2.24) is 4.72 Å². The van der Waals surface area contributed by atoms with E-state index in [9.17, 15) is 17.6 Å². The summed E-state index contributed by atoms with van der Waals surface area (Å²) in [5, 5.41) is 0. The first-order valence-electron chi connectivity index (χ1n) is 9.49. The number of hydrogen-bond donors (Lipinski definition) is 1. The Bertz CT molecular complexity index is 1160. The van der Waals surface area contributed by atoms with Crippen LogP contribution in [-0.2, 0) is 21.4 Å². The zero-order valence-electron chi connectivity index (χ0n) is 16.0. The van der Waals surface area contributed by atoms with Crippen LogP contribution in [0.2, 0.25) is 0 Å². The molecule has 3 aromatic rings. The minimum atomic E-state index is -3.57. The van der Waals surface area contributed by atoms with Gasteiger partial charge in [0.2, 0.25) is 15.9 Å². The summed E-state index contributed by atoms with van der Waals surface area (Å²) in [5.74, 6) is -0.560. The maximum atomic E-state index is 13.1. The van der Waals surface area contributed by atoms with E-state index in [-0.39, 0.29) is 23.9 Å². The minimum absolute atomic E-state index is 0.102. The van der Waals surface area contributed by atoms with Crippen LogP contribution in [-0.4, -0.2) is 20.1 Å². The van der Waals surface area contributed by atoms with Crippen molar-refractivity contribution in [2.75, 3.05) is 5.75 Å². The molecule has 5 nitrogen and oxygen atoms in total. The molecule has 1 saturated heterocycles. The molecule has 1 amide bonds. The predicted molar refractivity (Wildman–Crippen MR) is 112 cm³/mol. The van der Waals surface area contributed by atoms with Gasteiger partial charge in [-0.1, -0.05) is 42.5 Å². The molecule has 0 saturated carbocycles. The molecule has 1 heterocycles. The maximum Gasteiger partial charge on any atom is 0.235 e. The van der Waals surface area contributed by atoms with Crippen molar-refractivity contribution in [2.24, 2.45) is 0 Å². The van der Waals surface area contributed by atoms with Gasteiger partial charge in [-0.2, -0.15) is 0 Å². The number of carbonyl (C=O) groups is 1. The van der Waals surface area contributed by atoms with Crippen molar-refractivity contribution in [2.45, 2.75) is 18.9 Å². The fourth-order valence-electron chi connectivity index (χ4n) is 3.50. The Balaban J connectivity index is 1.42. The van der Waals surface area contributed by atoms with E-state index in [1.54, 1.807) is 36.4 Å². The topological polar surface area (TPSA) is 72.5 Å². The van der Waals surface area contributed by atoms with Gasteiger partial charge in [-0.15, -0.1) is 0 Å². The Morgan fingerprint density at radius 2 is 1.70 bits per heavy atom. The van der Waals surface area contributed by atoms with E-state index in [0.717, 1.165) is 22.3 Å². The number of sulfonamides is 1. The van der Waals surface area contributed by atoms with Crippen molar-refractivity contribution in [3.8, 4) is 16.9 Å². The summed E-state index contributed by atoms with van der Waals surface area (Å²) in [4.78, 5) is 11.6. The Labute approximate surface area is 174 Å². The summed E-state index contributed by atoms with van der Waals surface area (Å²) in [6, 6.07) is 21.3. The van der Waals surface area contributed by atoms with E-state index < -0.39 is 15.9 Å². The third kappa shape index (κ3) is 4.86. The summed E-state index contributed by atoms with van der Waals surface area (Å²) < 4.78 is 44.5. The molecule has 3 aromatic carbocycles. The number of carbonyl (C=O) groups excluding carboxylic acids is 1. The van der Waals surface area contributed by atoms with Crippen LogP contribution in [0, 0.1) is 5.82 Å². The highest BCUT2D eigenvalue weighted by molar-refractivity contribution is 7.90. The van der Waals surface area contributed by atoms with Gasteiger partial charge in [0, 0.05) is 12.3 Å². The molecule has 1 unspecified atom stereocenters. The molecular formula is C23H20FNO4S. The number of nitrogens with one attached hydrogen (secondary N) is 1. The van der Waals surface area contributed by atoms with Crippen LogP contribution in [0.4, 0.5) is 4.39 Å². The number of hydrogen-bond acceptors (Lipinski definition) is 4. The lowest BCUT2D eigenvalue weighted by Crippen LogP contribution is -2.40. The molecule has 30 heavy (non-hydrogen) atoms. The molecule has 154 valence electrons. The Kier molecular flexibility index (Phi) is 5.55. The van der Waals surface area contributed by atoms with Gasteiger partial charge >= 0.3 is 0 Å². The Morgan fingerprint density at radius 3 is 2.40 bits per heavy atom. The zero-order chi connectivity index (χ0) is 21.1. The van der Waals surface area contributed by atoms with Crippen LogP contribution in [0.25, 0.3) is 11.1 Å². The first-order valence-corrected chi connectivity index (χ1v) is 11.1. The summed E-state index contributed by atoms with van der Waals surface area (Å²) in [6.07, 6.45) is 0.148. The fourth-order valence-corrected chi connectivity index (χ4v) is 4.86. The third-order valence-electron chi connectivity index (χ3n) is 4.98. The molecular weight excluding hydrogens is 405 g/mol. The van der Waals surface area contributed by atoms with Gasteiger partial charge < -0.3 is 4.74 Å². The van der Waals surface area contributed by atoms with E-state index in [4.69, 9.17) is 4.74 Å². The maximum absolute atomic E-state index is 13.1. The second-order valence-electron chi connectivity index (χ2n) is 7.27. The minimum Gasteiger partial charge on any atom is -0.489 e. The fraction of sp³-hybridized carbons (Fsp3) is 0.174. The van der Waals surface area contributed by atoms with Crippen molar-refractivity contribution in [1.29, 1.82) is 0 Å². The molecule has 0 bridgehead atoms. The molecule has 0 radical (unpaired) electrons. The molecule has 7 heteroatoms. The predicted octanol–water partition coefficient (Wildman–Crippen LogP) is 4.01. The number of rotatable bonds is 5. The lowest BCUT2D eigenvalue weighted by Gasteiger charge is -2.22. The zero-order valence-corrected chi connectivity index (χ0v) is 16.9. The molecule has 0 aliphatic carbocycles. The van der Waals surface area contributed by atoms with Gasteiger partial charge in [0.1, 0.15) is 18.2 Å². The summed E-state index contributed by atoms with van der Waals surface area (Å²) >= 11 is 0. The normalized spacial score (nSPS) is 17.9. The highest BCUT2D eigenvalue weighted by atomic mass is 32.2. The monoisotopic (exact) mass is 425 g/mol. The quantitative estimate of drug-likeness (QED) is 0.671. The van der Waals surface area contributed by atoms with Gasteiger partial charge in [-0.05, 0) is 52.6 Å². The average Bonchev–Trinajstić information content (AvgIpc) is 2.72. The molecule has 0 spiro atoms. The van der Waals surface area contributed by atoms with Gasteiger partial charge in [-0.3, -0.25) is 9.52 Å². The van der Waals surface area contributed by atoms with Crippen molar-refractivity contribution < 1.29 is 22.3 Å². The van der Waals surface area contributed by atoms with Crippen molar-refractivity contribution in [3.63, 3.8) is 0 Å². The van der Waals surface area contributed by atoms with Gasteiger partial charge in [0.05, 0.1) is 5.75 Å². The van der Waals surface area contributed by atoms with E-state index in [2.05, 4.69) is 0 Å². The molecule has 1 atom stereocenters. The number of halogens is 1. The lowest BCUT2D eigenvalue weighted by molar-refractivity contribution is -0.119. The molecule has 1 aliphatic heterocycles. The summed E-state index contributed by atoms with van der Waals surface area (Å²) in [7, 11) is -3.57. The van der Waals surface area contributed by atoms with Gasteiger partial charge in [0.25, 0.3) is 0 Å². The standard InChI is InChI=1S/C23H20FNO4S/c24-21-8-4-17(5-9-21)19-3-1-2-16(12-19)14-29-22-10-6-18(7-11-22)20-13-23(26)25-30(27,28)15-20/h1-12,20H,13-15H2,(H,25,26). The van der Waals surface area contributed by atoms with Crippen LogP contribution in [0.3, 0.4) is 0 Å². The molecule has 4 rings (SSSR count). The van der Waals surface area contributed by atoms with E-state index in [0.29, 0.717) is 12.4 Å². The average molecular weight is 425 g/mol. The second-order valence-corrected chi connectivity index (χ2v) is 9.04. The largest absolute Gasteiger partial charge is 0.489 e. The van der Waals surface area contributed by atoms with Crippen molar-refractivity contribution >= 4 is 15.9 Å². The molecule has 0 aromatic heterocycles. The van der Waals surface area contributed by atoms with Crippen molar-refractivity contribution in [3.05, 3.63) is 89.7 Å². The van der Waals surface area contributed by atoms with Crippen LogP contribution < -0.4 is 9.46 Å². The number of benzene rings is 3. The first kappa shape index (κ1) is 20.1. The number of ether oxygens (including phenoxy) is 1. The number of amides is 1. The summed E-state index contributed by atoms with van der Waals surface area (Å²) in [6.45, 7) is 0.356. The smallest absolute Gasteiger partial charge is 0.235 e. The van der Waals surface area contributed by atoms with Crippen LogP contribution in [0.5, 0.6) is 5.75 Å². The lowest BCUT2D eigenvalue weighted by atomic mass is 9.97.